The highest BCUT2D eigenvalue weighted by molar-refractivity contribution is 7.86. The number of piperidine rings is 2. The second-order valence-corrected chi connectivity index (χ2v) is 7.55. The molecule has 6 heteroatoms. The summed E-state index contributed by atoms with van der Waals surface area (Å²) in [5.74, 6) is 0.605. The number of nitrogens with zero attached hydrogens (tertiary/aromatic N) is 2. The zero-order valence-electron chi connectivity index (χ0n) is 10.1. The largest absolute Gasteiger partial charge is 0.327 e. The third-order valence-corrected chi connectivity index (χ3v) is 6.43. The summed E-state index contributed by atoms with van der Waals surface area (Å²) in [6.07, 6.45) is 5.15. The molecular weight excluding hydrogens is 238 g/mol. The van der Waals surface area contributed by atoms with Crippen LogP contribution < -0.4 is 5.73 Å². The van der Waals surface area contributed by atoms with Gasteiger partial charge in [-0.3, -0.25) is 0 Å². The Hall–Kier alpha value is -0.170. The highest BCUT2D eigenvalue weighted by atomic mass is 32.2. The van der Waals surface area contributed by atoms with Crippen LogP contribution in [0, 0.1) is 5.92 Å². The van der Waals surface area contributed by atoms with Crippen LogP contribution in [0.1, 0.15) is 32.1 Å². The summed E-state index contributed by atoms with van der Waals surface area (Å²) in [7, 11) is -3.24. The molecule has 0 aromatic heterocycles. The van der Waals surface area contributed by atoms with Crippen molar-refractivity contribution in [2.75, 3.05) is 19.6 Å². The first kappa shape index (κ1) is 11.9. The quantitative estimate of drug-likeness (QED) is 0.767. The number of fused-ring (bicyclic) bond motifs is 2. The molecule has 3 aliphatic rings. The molecule has 1 aliphatic carbocycles. The maximum atomic E-state index is 12.5. The van der Waals surface area contributed by atoms with E-state index in [1.807, 2.05) is 0 Å². The summed E-state index contributed by atoms with van der Waals surface area (Å²) in [4.78, 5) is 0. The van der Waals surface area contributed by atoms with E-state index in [0.717, 1.165) is 32.2 Å². The Kier molecular flexibility index (Phi) is 2.93. The van der Waals surface area contributed by atoms with E-state index in [1.54, 1.807) is 8.61 Å². The molecule has 0 spiro atoms. The maximum Gasteiger partial charge on any atom is 0.282 e. The molecular formula is C11H21N3O2S. The number of nitrogens with two attached hydrogens (primary N) is 1. The van der Waals surface area contributed by atoms with Crippen LogP contribution in [0.3, 0.4) is 0 Å². The van der Waals surface area contributed by atoms with Gasteiger partial charge >= 0.3 is 0 Å². The molecule has 0 amide bonds. The summed E-state index contributed by atoms with van der Waals surface area (Å²) in [5.41, 5.74) is 5.87. The van der Waals surface area contributed by atoms with Crippen LogP contribution in [0.5, 0.6) is 0 Å². The van der Waals surface area contributed by atoms with Crippen LogP contribution in [0.4, 0.5) is 0 Å². The van der Waals surface area contributed by atoms with Gasteiger partial charge in [0.15, 0.2) is 0 Å². The monoisotopic (exact) mass is 259 g/mol. The van der Waals surface area contributed by atoms with Crippen LogP contribution in [0.15, 0.2) is 0 Å². The fourth-order valence-electron chi connectivity index (χ4n) is 3.49. The smallest absolute Gasteiger partial charge is 0.282 e. The Morgan fingerprint density at radius 1 is 1.12 bits per heavy atom. The highest BCUT2D eigenvalue weighted by Crippen LogP contribution is 2.39. The van der Waals surface area contributed by atoms with Gasteiger partial charge in [-0.2, -0.15) is 17.0 Å². The van der Waals surface area contributed by atoms with E-state index in [1.165, 1.54) is 6.42 Å². The predicted octanol–water partition coefficient (Wildman–Crippen LogP) is 0.139. The Bertz CT molecular complexity index is 398. The van der Waals surface area contributed by atoms with Gasteiger partial charge < -0.3 is 5.73 Å². The molecule has 2 aliphatic heterocycles. The summed E-state index contributed by atoms with van der Waals surface area (Å²) in [5, 5.41) is 0. The SMILES string of the molecule is NC1CCCN(S(=O)(=O)N2CC3CCC2C3)C1. The molecule has 0 radical (unpaired) electrons. The number of hydrogen-bond acceptors (Lipinski definition) is 3. The van der Waals surface area contributed by atoms with E-state index in [4.69, 9.17) is 5.73 Å². The van der Waals surface area contributed by atoms with Crippen LogP contribution in [-0.4, -0.2) is 48.7 Å². The fraction of sp³-hybridized carbons (Fsp3) is 1.00. The van der Waals surface area contributed by atoms with Crippen LogP contribution in [-0.2, 0) is 10.2 Å². The van der Waals surface area contributed by atoms with Gasteiger partial charge in [-0.05, 0) is 38.0 Å². The lowest BCUT2D eigenvalue weighted by molar-refractivity contribution is 0.262. The van der Waals surface area contributed by atoms with E-state index in [2.05, 4.69) is 0 Å². The van der Waals surface area contributed by atoms with Gasteiger partial charge in [-0.1, -0.05) is 0 Å². The first-order chi connectivity index (χ1) is 8.07. The molecule has 98 valence electrons. The first-order valence-corrected chi connectivity index (χ1v) is 7.99. The molecule has 3 fully saturated rings. The van der Waals surface area contributed by atoms with Gasteiger partial charge in [-0.25, -0.2) is 0 Å². The molecule has 1 saturated carbocycles. The second-order valence-electron chi connectivity index (χ2n) is 5.67. The molecule has 5 nitrogen and oxygen atoms in total. The Balaban J connectivity index is 1.76. The minimum absolute atomic E-state index is 0.0123. The lowest BCUT2D eigenvalue weighted by Gasteiger charge is -2.35. The number of hydrogen-bond donors (Lipinski definition) is 1. The van der Waals surface area contributed by atoms with Crippen LogP contribution in [0.25, 0.3) is 0 Å². The van der Waals surface area contributed by atoms with Gasteiger partial charge in [-0.15, -0.1) is 0 Å². The lowest BCUT2D eigenvalue weighted by atomic mass is 10.1. The minimum atomic E-state index is -3.24. The van der Waals surface area contributed by atoms with Crippen molar-refractivity contribution in [2.24, 2.45) is 11.7 Å². The van der Waals surface area contributed by atoms with Gasteiger partial charge in [0.2, 0.25) is 0 Å². The minimum Gasteiger partial charge on any atom is -0.327 e. The molecule has 2 heterocycles. The van der Waals surface area contributed by atoms with Gasteiger partial charge in [0, 0.05) is 31.7 Å². The molecule has 2 N–H and O–H groups in total. The Morgan fingerprint density at radius 3 is 2.53 bits per heavy atom. The van der Waals surface area contributed by atoms with Crippen molar-refractivity contribution in [3.8, 4) is 0 Å². The van der Waals surface area contributed by atoms with Gasteiger partial charge in [0.25, 0.3) is 10.2 Å². The fourth-order valence-corrected chi connectivity index (χ4v) is 5.50. The molecule has 0 aromatic rings. The highest BCUT2D eigenvalue weighted by Gasteiger charge is 2.46. The third kappa shape index (κ3) is 2.01. The van der Waals surface area contributed by atoms with Crippen molar-refractivity contribution in [2.45, 2.75) is 44.2 Å². The maximum absolute atomic E-state index is 12.5. The molecule has 2 bridgehead atoms. The van der Waals surface area contributed by atoms with Crippen molar-refractivity contribution >= 4 is 10.2 Å². The summed E-state index contributed by atoms with van der Waals surface area (Å²) >= 11 is 0. The summed E-state index contributed by atoms with van der Waals surface area (Å²) < 4.78 is 28.4. The lowest BCUT2D eigenvalue weighted by Crippen LogP contribution is -2.52. The van der Waals surface area contributed by atoms with E-state index in [9.17, 15) is 8.42 Å². The second kappa shape index (κ2) is 4.19. The van der Waals surface area contributed by atoms with E-state index in [-0.39, 0.29) is 12.1 Å². The third-order valence-electron chi connectivity index (χ3n) is 4.40. The van der Waals surface area contributed by atoms with Crippen molar-refractivity contribution in [1.29, 1.82) is 0 Å². The molecule has 0 aromatic carbocycles. The van der Waals surface area contributed by atoms with E-state index in [0.29, 0.717) is 19.0 Å². The van der Waals surface area contributed by atoms with Crippen molar-refractivity contribution < 1.29 is 8.42 Å². The van der Waals surface area contributed by atoms with Crippen molar-refractivity contribution in [1.82, 2.24) is 8.61 Å². The van der Waals surface area contributed by atoms with E-state index >= 15 is 0 Å². The van der Waals surface area contributed by atoms with Gasteiger partial charge in [0.1, 0.15) is 0 Å². The van der Waals surface area contributed by atoms with Gasteiger partial charge in [0.05, 0.1) is 0 Å². The number of rotatable bonds is 2. The molecule has 17 heavy (non-hydrogen) atoms. The molecule has 3 rings (SSSR count). The summed E-state index contributed by atoms with van der Waals surface area (Å²) in [6.45, 7) is 1.87. The zero-order valence-corrected chi connectivity index (χ0v) is 10.9. The zero-order chi connectivity index (χ0) is 12.0. The van der Waals surface area contributed by atoms with Crippen LogP contribution in [0.2, 0.25) is 0 Å². The molecule has 3 unspecified atom stereocenters. The predicted molar refractivity (Wildman–Crippen MR) is 65.5 cm³/mol. The Labute approximate surface area is 103 Å². The Morgan fingerprint density at radius 2 is 1.94 bits per heavy atom. The average Bonchev–Trinajstić information content (AvgIpc) is 2.91. The standard InChI is InChI=1S/C11H21N3O2S/c12-10-2-1-5-13(8-10)17(15,16)14-7-9-3-4-11(14)6-9/h9-11H,1-8,12H2. The van der Waals surface area contributed by atoms with Crippen molar-refractivity contribution in [3.63, 3.8) is 0 Å². The summed E-state index contributed by atoms with van der Waals surface area (Å²) in [6, 6.07) is 0.279. The van der Waals surface area contributed by atoms with Crippen LogP contribution >= 0.6 is 0 Å². The topological polar surface area (TPSA) is 66.6 Å². The normalized spacial score (nSPS) is 39.9. The van der Waals surface area contributed by atoms with Crippen molar-refractivity contribution in [3.05, 3.63) is 0 Å². The molecule has 2 saturated heterocycles. The first-order valence-electron chi connectivity index (χ1n) is 6.60. The van der Waals surface area contributed by atoms with E-state index < -0.39 is 10.2 Å². The average molecular weight is 259 g/mol. The molecule has 3 atom stereocenters.